The minimum Gasteiger partial charge on any atom is -0.369 e. The molecule has 0 saturated heterocycles. The summed E-state index contributed by atoms with van der Waals surface area (Å²) in [4.78, 5) is 40.0. The summed E-state index contributed by atoms with van der Waals surface area (Å²) in [5, 5.41) is 5.60. The SMILES string of the molecule is Cl.NCCNC(=O)c1ccc(C2(NC(=O)C3(C(N)=O)CC3)CC2)nc1. The van der Waals surface area contributed by atoms with Crippen LogP contribution in [0.15, 0.2) is 18.3 Å². The van der Waals surface area contributed by atoms with Crippen molar-refractivity contribution >= 4 is 30.1 Å². The maximum atomic E-state index is 12.4. The first-order valence-corrected chi connectivity index (χ1v) is 8.01. The standard InChI is InChI=1S/C16H21N5O3.ClH/c17-7-8-19-12(22)10-1-2-11(20-9-10)16(5-6-16)21-14(24)15(3-4-15)13(18)23;/h1-2,9H,3-8,17H2,(H2,18,23)(H,19,22)(H,21,24);1H. The maximum Gasteiger partial charge on any atom is 0.252 e. The first-order chi connectivity index (χ1) is 11.4. The zero-order chi connectivity index (χ0) is 17.4. The van der Waals surface area contributed by atoms with Gasteiger partial charge in [-0.3, -0.25) is 19.4 Å². The molecule has 0 aliphatic heterocycles. The van der Waals surface area contributed by atoms with E-state index in [0.717, 1.165) is 12.8 Å². The van der Waals surface area contributed by atoms with Crippen molar-refractivity contribution in [3.05, 3.63) is 29.6 Å². The van der Waals surface area contributed by atoms with Crippen molar-refractivity contribution in [1.82, 2.24) is 15.6 Å². The van der Waals surface area contributed by atoms with Crippen LogP contribution in [0.4, 0.5) is 0 Å². The van der Waals surface area contributed by atoms with Gasteiger partial charge in [-0.2, -0.15) is 0 Å². The molecule has 136 valence electrons. The Hall–Kier alpha value is -2.19. The molecule has 1 aromatic heterocycles. The Morgan fingerprint density at radius 3 is 2.28 bits per heavy atom. The number of nitrogens with one attached hydrogen (secondary N) is 2. The van der Waals surface area contributed by atoms with E-state index in [2.05, 4.69) is 15.6 Å². The molecule has 6 N–H and O–H groups in total. The van der Waals surface area contributed by atoms with Crippen molar-refractivity contribution < 1.29 is 14.4 Å². The molecule has 3 rings (SSSR count). The number of rotatable bonds is 7. The quantitative estimate of drug-likeness (QED) is 0.484. The number of hydrogen-bond donors (Lipinski definition) is 4. The lowest BCUT2D eigenvalue weighted by Gasteiger charge is -2.20. The Bertz CT molecular complexity index is 684. The van der Waals surface area contributed by atoms with Crippen LogP contribution in [-0.4, -0.2) is 35.8 Å². The molecule has 25 heavy (non-hydrogen) atoms. The molecule has 1 heterocycles. The van der Waals surface area contributed by atoms with Crippen molar-refractivity contribution in [3.8, 4) is 0 Å². The lowest BCUT2D eigenvalue weighted by molar-refractivity contribution is -0.136. The van der Waals surface area contributed by atoms with Crippen LogP contribution in [0.25, 0.3) is 0 Å². The minimum atomic E-state index is -1.04. The smallest absolute Gasteiger partial charge is 0.252 e. The number of nitrogens with two attached hydrogens (primary N) is 2. The van der Waals surface area contributed by atoms with Gasteiger partial charge in [0.25, 0.3) is 5.91 Å². The van der Waals surface area contributed by atoms with Crippen LogP contribution in [0.1, 0.15) is 41.7 Å². The number of amides is 3. The van der Waals surface area contributed by atoms with Gasteiger partial charge in [-0.1, -0.05) is 0 Å². The van der Waals surface area contributed by atoms with Crippen molar-refractivity contribution in [2.24, 2.45) is 16.9 Å². The van der Waals surface area contributed by atoms with Crippen LogP contribution in [0, 0.1) is 5.41 Å². The fraction of sp³-hybridized carbons (Fsp3) is 0.500. The molecule has 0 spiro atoms. The summed E-state index contributed by atoms with van der Waals surface area (Å²) in [6.45, 7) is 0.768. The van der Waals surface area contributed by atoms with Gasteiger partial charge in [0.1, 0.15) is 5.41 Å². The number of primary amides is 1. The lowest BCUT2D eigenvalue weighted by atomic mass is 10.0. The highest BCUT2D eigenvalue weighted by Gasteiger charge is 2.59. The first-order valence-electron chi connectivity index (χ1n) is 8.01. The first kappa shape index (κ1) is 19.1. The fourth-order valence-corrected chi connectivity index (χ4v) is 2.72. The van der Waals surface area contributed by atoms with Crippen LogP contribution >= 0.6 is 12.4 Å². The molecule has 2 aliphatic rings. The molecular weight excluding hydrogens is 346 g/mol. The number of pyridine rings is 1. The number of carbonyl (C=O) groups excluding carboxylic acids is 3. The largest absolute Gasteiger partial charge is 0.369 e. The predicted octanol–water partition coefficient (Wildman–Crippen LogP) is -0.437. The lowest BCUT2D eigenvalue weighted by Crippen LogP contribution is -2.45. The Kier molecular flexibility index (Phi) is 5.34. The highest BCUT2D eigenvalue weighted by atomic mass is 35.5. The molecule has 0 bridgehead atoms. The predicted molar refractivity (Wildman–Crippen MR) is 92.8 cm³/mol. The second-order valence-corrected chi connectivity index (χ2v) is 6.46. The second-order valence-electron chi connectivity index (χ2n) is 6.46. The summed E-state index contributed by atoms with van der Waals surface area (Å²) >= 11 is 0. The van der Waals surface area contributed by atoms with E-state index in [0.29, 0.717) is 37.2 Å². The average Bonchev–Trinajstić information content (AvgIpc) is 3.46. The molecule has 9 heteroatoms. The third kappa shape index (κ3) is 3.59. The van der Waals surface area contributed by atoms with Gasteiger partial charge in [0.15, 0.2) is 0 Å². The highest BCUT2D eigenvalue weighted by molar-refractivity contribution is 6.07. The van der Waals surface area contributed by atoms with Crippen LogP contribution in [0.5, 0.6) is 0 Å². The van der Waals surface area contributed by atoms with Gasteiger partial charge in [-0.05, 0) is 37.8 Å². The molecule has 2 saturated carbocycles. The van der Waals surface area contributed by atoms with E-state index in [9.17, 15) is 14.4 Å². The van der Waals surface area contributed by atoms with Crippen molar-refractivity contribution in [2.75, 3.05) is 13.1 Å². The average molecular weight is 368 g/mol. The Balaban J connectivity index is 0.00000225. The Morgan fingerprint density at radius 1 is 1.16 bits per heavy atom. The van der Waals surface area contributed by atoms with Gasteiger partial charge in [-0.25, -0.2) is 0 Å². The molecule has 2 fully saturated rings. The van der Waals surface area contributed by atoms with Crippen molar-refractivity contribution in [2.45, 2.75) is 31.2 Å². The van der Waals surface area contributed by atoms with Gasteiger partial charge in [0, 0.05) is 19.3 Å². The van der Waals surface area contributed by atoms with Crippen LogP contribution < -0.4 is 22.1 Å². The van der Waals surface area contributed by atoms with E-state index in [1.165, 1.54) is 6.20 Å². The maximum absolute atomic E-state index is 12.4. The Morgan fingerprint density at radius 2 is 1.84 bits per heavy atom. The number of nitrogens with zero attached hydrogens (tertiary/aromatic N) is 1. The molecule has 1 aromatic rings. The van der Waals surface area contributed by atoms with Gasteiger partial charge in [0.05, 0.1) is 16.8 Å². The van der Waals surface area contributed by atoms with Crippen molar-refractivity contribution in [3.63, 3.8) is 0 Å². The Labute approximate surface area is 151 Å². The summed E-state index contributed by atoms with van der Waals surface area (Å²) < 4.78 is 0. The molecule has 3 amide bonds. The number of hydrogen-bond acceptors (Lipinski definition) is 5. The van der Waals surface area contributed by atoms with Crippen molar-refractivity contribution in [1.29, 1.82) is 0 Å². The van der Waals surface area contributed by atoms with E-state index >= 15 is 0 Å². The van der Waals surface area contributed by atoms with E-state index in [-0.39, 0.29) is 24.2 Å². The summed E-state index contributed by atoms with van der Waals surface area (Å²) in [5.41, 5.74) is 10.2. The zero-order valence-corrected chi connectivity index (χ0v) is 14.5. The molecule has 8 nitrogen and oxygen atoms in total. The summed E-state index contributed by atoms with van der Waals surface area (Å²) in [6, 6.07) is 3.40. The molecule has 2 aliphatic carbocycles. The van der Waals surface area contributed by atoms with E-state index in [1.54, 1.807) is 12.1 Å². The fourth-order valence-electron chi connectivity index (χ4n) is 2.72. The topological polar surface area (TPSA) is 140 Å². The van der Waals surface area contributed by atoms with Crippen LogP contribution in [-0.2, 0) is 15.1 Å². The molecule has 0 aromatic carbocycles. The second kappa shape index (κ2) is 6.97. The number of carbonyl (C=O) groups is 3. The third-order valence-corrected chi connectivity index (χ3v) is 4.70. The molecule has 0 atom stereocenters. The number of halogens is 1. The van der Waals surface area contributed by atoms with Gasteiger partial charge in [0.2, 0.25) is 11.8 Å². The van der Waals surface area contributed by atoms with Gasteiger partial charge < -0.3 is 22.1 Å². The van der Waals surface area contributed by atoms with E-state index < -0.39 is 16.9 Å². The summed E-state index contributed by atoms with van der Waals surface area (Å²) in [6.07, 6.45) is 3.98. The van der Waals surface area contributed by atoms with Gasteiger partial charge >= 0.3 is 0 Å². The summed E-state index contributed by atoms with van der Waals surface area (Å²) in [5.74, 6) is -1.13. The van der Waals surface area contributed by atoms with Gasteiger partial charge in [-0.15, -0.1) is 12.4 Å². The minimum absolute atomic E-state index is 0. The molecule has 0 radical (unpaired) electrons. The zero-order valence-electron chi connectivity index (χ0n) is 13.7. The third-order valence-electron chi connectivity index (χ3n) is 4.70. The normalized spacial score (nSPS) is 18.4. The monoisotopic (exact) mass is 367 g/mol. The van der Waals surface area contributed by atoms with E-state index in [1.807, 2.05) is 0 Å². The summed E-state index contributed by atoms with van der Waals surface area (Å²) in [7, 11) is 0. The highest BCUT2D eigenvalue weighted by Crippen LogP contribution is 2.50. The molecular formula is C16H22ClN5O3. The number of aromatic nitrogens is 1. The van der Waals surface area contributed by atoms with E-state index in [4.69, 9.17) is 11.5 Å². The van der Waals surface area contributed by atoms with Crippen LogP contribution in [0.2, 0.25) is 0 Å². The van der Waals surface area contributed by atoms with Crippen LogP contribution in [0.3, 0.4) is 0 Å². The molecule has 0 unspecified atom stereocenters.